The maximum Gasteiger partial charge on any atom is 0.243 e. The molecule has 4 nitrogen and oxygen atoms in total. The van der Waals surface area contributed by atoms with E-state index in [1.807, 2.05) is 56.3 Å². The molecular formula is C23H26ClNO3S. The lowest BCUT2D eigenvalue weighted by molar-refractivity contribution is 0.164. The molecule has 154 valence electrons. The zero-order chi connectivity index (χ0) is 21.0. The van der Waals surface area contributed by atoms with Gasteiger partial charge in [-0.1, -0.05) is 61.8 Å². The number of aliphatic hydroxyl groups is 1. The van der Waals surface area contributed by atoms with E-state index in [4.69, 9.17) is 11.6 Å². The Bertz CT molecular complexity index is 1060. The second-order valence-corrected chi connectivity index (χ2v) is 9.98. The molecule has 0 bridgehead atoms. The fourth-order valence-electron chi connectivity index (χ4n) is 3.50. The summed E-state index contributed by atoms with van der Waals surface area (Å²) in [6, 6.07) is 19.6. The molecule has 1 N–H and O–H groups in total. The first kappa shape index (κ1) is 21.8. The van der Waals surface area contributed by atoms with E-state index in [1.165, 1.54) is 16.4 Å². The van der Waals surface area contributed by atoms with Crippen molar-refractivity contribution in [2.75, 3.05) is 6.61 Å². The quantitative estimate of drug-likeness (QED) is 0.540. The zero-order valence-corrected chi connectivity index (χ0v) is 18.2. The molecule has 0 saturated heterocycles. The van der Waals surface area contributed by atoms with Crippen LogP contribution in [0.3, 0.4) is 0 Å². The molecule has 1 atom stereocenters. The number of sulfonamides is 1. The molecule has 0 aliphatic heterocycles. The van der Waals surface area contributed by atoms with Crippen LogP contribution in [0, 0.1) is 5.92 Å². The number of fused-ring (bicyclic) bond motifs is 1. The summed E-state index contributed by atoms with van der Waals surface area (Å²) in [5.41, 5.74) is 0.878. The summed E-state index contributed by atoms with van der Waals surface area (Å²) in [7, 11) is -3.81. The van der Waals surface area contributed by atoms with Gasteiger partial charge in [0, 0.05) is 17.6 Å². The van der Waals surface area contributed by atoms with Gasteiger partial charge >= 0.3 is 0 Å². The molecule has 0 fully saturated rings. The average molecular weight is 432 g/mol. The first-order valence-electron chi connectivity index (χ1n) is 9.67. The topological polar surface area (TPSA) is 57.6 Å². The molecule has 0 radical (unpaired) electrons. The summed E-state index contributed by atoms with van der Waals surface area (Å²) in [4.78, 5) is 0.171. The monoisotopic (exact) mass is 431 g/mol. The molecule has 0 unspecified atom stereocenters. The number of hydrogen-bond donors (Lipinski definition) is 1. The smallest absolute Gasteiger partial charge is 0.243 e. The van der Waals surface area contributed by atoms with Gasteiger partial charge < -0.3 is 5.11 Å². The van der Waals surface area contributed by atoms with E-state index >= 15 is 0 Å². The molecule has 29 heavy (non-hydrogen) atoms. The van der Waals surface area contributed by atoms with Gasteiger partial charge in [-0.15, -0.1) is 0 Å². The van der Waals surface area contributed by atoms with E-state index in [-0.39, 0.29) is 24.0 Å². The van der Waals surface area contributed by atoms with Crippen molar-refractivity contribution in [2.45, 2.75) is 37.8 Å². The molecule has 3 aromatic rings. The number of benzene rings is 3. The van der Waals surface area contributed by atoms with Gasteiger partial charge in [-0.3, -0.25) is 0 Å². The molecule has 6 heteroatoms. The lowest BCUT2D eigenvalue weighted by Crippen LogP contribution is -2.42. The number of rotatable bonds is 8. The minimum absolute atomic E-state index is 0.171. The third-order valence-corrected chi connectivity index (χ3v) is 7.10. The van der Waals surface area contributed by atoms with Crippen LogP contribution in [0.2, 0.25) is 5.02 Å². The molecular weight excluding hydrogens is 406 g/mol. The number of halogens is 1. The Kier molecular flexibility index (Phi) is 6.96. The molecule has 0 aliphatic carbocycles. The number of aliphatic hydroxyl groups excluding tert-OH is 1. The maximum absolute atomic E-state index is 13.5. The van der Waals surface area contributed by atoms with Gasteiger partial charge in [0.15, 0.2) is 0 Å². The van der Waals surface area contributed by atoms with Crippen LogP contribution in [0.4, 0.5) is 0 Å². The predicted molar refractivity (Wildman–Crippen MR) is 118 cm³/mol. The van der Waals surface area contributed by atoms with Gasteiger partial charge in [0.25, 0.3) is 0 Å². The van der Waals surface area contributed by atoms with Crippen LogP contribution in [-0.2, 0) is 16.6 Å². The van der Waals surface area contributed by atoms with Crippen molar-refractivity contribution in [3.8, 4) is 0 Å². The minimum atomic E-state index is -3.81. The lowest BCUT2D eigenvalue weighted by atomic mass is 10.0. The second kappa shape index (κ2) is 9.26. The molecule has 3 aromatic carbocycles. The van der Waals surface area contributed by atoms with Crippen LogP contribution in [0.1, 0.15) is 25.8 Å². The van der Waals surface area contributed by atoms with E-state index in [2.05, 4.69) is 0 Å². The van der Waals surface area contributed by atoms with Gasteiger partial charge in [-0.2, -0.15) is 4.31 Å². The Morgan fingerprint density at radius 1 is 0.966 bits per heavy atom. The third-order valence-electron chi connectivity index (χ3n) is 4.93. The Morgan fingerprint density at radius 3 is 2.24 bits per heavy atom. The maximum atomic E-state index is 13.5. The van der Waals surface area contributed by atoms with Crippen molar-refractivity contribution in [1.29, 1.82) is 0 Å². The SMILES string of the molecule is CC(C)C[C@H](CO)N(Cc1ccc2ccccc2c1)S(=O)(=O)c1ccc(Cl)cc1. The van der Waals surface area contributed by atoms with Crippen LogP contribution in [-0.4, -0.2) is 30.5 Å². The van der Waals surface area contributed by atoms with Crippen molar-refractivity contribution in [3.63, 3.8) is 0 Å². The van der Waals surface area contributed by atoms with Crippen molar-refractivity contribution in [3.05, 3.63) is 77.3 Å². The van der Waals surface area contributed by atoms with Gasteiger partial charge in [0.05, 0.1) is 11.5 Å². The van der Waals surface area contributed by atoms with Crippen molar-refractivity contribution >= 4 is 32.4 Å². The van der Waals surface area contributed by atoms with Crippen LogP contribution in [0.25, 0.3) is 10.8 Å². The highest BCUT2D eigenvalue weighted by Gasteiger charge is 2.31. The lowest BCUT2D eigenvalue weighted by Gasteiger charge is -2.31. The highest BCUT2D eigenvalue weighted by molar-refractivity contribution is 7.89. The summed E-state index contributed by atoms with van der Waals surface area (Å²) < 4.78 is 28.3. The summed E-state index contributed by atoms with van der Waals surface area (Å²) in [5.74, 6) is 0.242. The molecule has 0 aromatic heterocycles. The van der Waals surface area contributed by atoms with E-state index < -0.39 is 16.1 Å². The summed E-state index contributed by atoms with van der Waals surface area (Å²) >= 11 is 5.94. The standard InChI is InChI=1S/C23H26ClNO3S/c1-17(2)13-22(16-26)25(29(27,28)23-11-9-21(24)10-12-23)15-18-7-8-19-5-3-4-6-20(19)14-18/h3-12,14,17,22,26H,13,15-16H2,1-2H3/t22-/m1/s1. The van der Waals surface area contributed by atoms with Crippen LogP contribution in [0.15, 0.2) is 71.6 Å². The first-order valence-corrected chi connectivity index (χ1v) is 11.5. The van der Waals surface area contributed by atoms with Gasteiger partial charge in [-0.05, 0) is 59.0 Å². The summed E-state index contributed by atoms with van der Waals surface area (Å²) in [6.07, 6.45) is 0.566. The Labute approximate surface area is 177 Å². The summed E-state index contributed by atoms with van der Waals surface area (Å²) in [5, 5.41) is 12.7. The second-order valence-electron chi connectivity index (χ2n) is 7.65. The fraction of sp³-hybridized carbons (Fsp3) is 0.304. The molecule has 0 saturated carbocycles. The number of nitrogens with zero attached hydrogens (tertiary/aromatic N) is 1. The van der Waals surface area contributed by atoms with Crippen LogP contribution >= 0.6 is 11.6 Å². The zero-order valence-electron chi connectivity index (χ0n) is 16.6. The molecule has 0 spiro atoms. The van der Waals surface area contributed by atoms with Crippen molar-refractivity contribution < 1.29 is 13.5 Å². The van der Waals surface area contributed by atoms with Crippen molar-refractivity contribution in [1.82, 2.24) is 4.31 Å². The molecule has 0 amide bonds. The predicted octanol–water partition coefficient (Wildman–Crippen LogP) is 5.09. The highest BCUT2D eigenvalue weighted by Crippen LogP contribution is 2.26. The van der Waals surface area contributed by atoms with Crippen molar-refractivity contribution in [2.24, 2.45) is 5.92 Å². The molecule has 0 aliphatic rings. The van der Waals surface area contributed by atoms with E-state index in [9.17, 15) is 13.5 Å². The van der Waals surface area contributed by atoms with Gasteiger partial charge in [0.1, 0.15) is 0 Å². The normalized spacial score (nSPS) is 13.3. The highest BCUT2D eigenvalue weighted by atomic mass is 35.5. The Morgan fingerprint density at radius 2 is 1.62 bits per heavy atom. The third kappa shape index (κ3) is 5.17. The first-order chi connectivity index (χ1) is 13.8. The largest absolute Gasteiger partial charge is 0.395 e. The van der Waals surface area contributed by atoms with E-state index in [0.29, 0.717) is 11.4 Å². The van der Waals surface area contributed by atoms with Gasteiger partial charge in [-0.25, -0.2) is 8.42 Å². The fourth-order valence-corrected chi connectivity index (χ4v) is 5.24. The van der Waals surface area contributed by atoms with Crippen LogP contribution in [0.5, 0.6) is 0 Å². The molecule has 3 rings (SSSR count). The summed E-state index contributed by atoms with van der Waals surface area (Å²) in [6.45, 7) is 3.99. The molecule has 0 heterocycles. The average Bonchev–Trinajstić information content (AvgIpc) is 2.70. The number of hydrogen-bond acceptors (Lipinski definition) is 3. The Balaban J connectivity index is 2.02. The van der Waals surface area contributed by atoms with Crippen LogP contribution < -0.4 is 0 Å². The van der Waals surface area contributed by atoms with E-state index in [1.54, 1.807) is 12.1 Å². The van der Waals surface area contributed by atoms with Gasteiger partial charge in [0.2, 0.25) is 10.0 Å². The Hall–Kier alpha value is -1.92. The van der Waals surface area contributed by atoms with E-state index in [0.717, 1.165) is 16.3 Å². The minimum Gasteiger partial charge on any atom is -0.395 e.